The molecule has 1 atom stereocenters. The van der Waals surface area contributed by atoms with E-state index in [9.17, 15) is 8.42 Å². The third-order valence-electron chi connectivity index (χ3n) is 3.41. The number of fused-ring (bicyclic) bond motifs is 1. The summed E-state index contributed by atoms with van der Waals surface area (Å²) in [6.07, 6.45) is 1.60. The van der Waals surface area contributed by atoms with E-state index in [1.54, 1.807) is 12.1 Å². The zero-order chi connectivity index (χ0) is 14.0. The summed E-state index contributed by atoms with van der Waals surface area (Å²) in [5.41, 5.74) is 0. The maximum absolute atomic E-state index is 12.3. The SMILES string of the molecule is Cl.O=S(=O)(NC1CCNC1)c1ccc2c(c1)OCCCO2. The van der Waals surface area contributed by atoms with Crippen LogP contribution in [0.5, 0.6) is 11.5 Å². The van der Waals surface area contributed by atoms with E-state index in [0.29, 0.717) is 31.3 Å². The van der Waals surface area contributed by atoms with Gasteiger partial charge in [-0.1, -0.05) is 0 Å². The van der Waals surface area contributed by atoms with Gasteiger partial charge in [0.1, 0.15) is 0 Å². The van der Waals surface area contributed by atoms with Gasteiger partial charge in [0.2, 0.25) is 10.0 Å². The molecule has 1 aromatic carbocycles. The van der Waals surface area contributed by atoms with Crippen molar-refractivity contribution in [1.82, 2.24) is 10.0 Å². The summed E-state index contributed by atoms with van der Waals surface area (Å²) in [7, 11) is -3.51. The third-order valence-corrected chi connectivity index (χ3v) is 4.93. The lowest BCUT2D eigenvalue weighted by molar-refractivity contribution is 0.297. The first kappa shape index (κ1) is 16.4. The number of nitrogens with one attached hydrogen (secondary N) is 2. The Labute approximate surface area is 130 Å². The fourth-order valence-electron chi connectivity index (χ4n) is 2.35. The molecule has 2 heterocycles. The van der Waals surface area contributed by atoms with Gasteiger partial charge in [-0.25, -0.2) is 13.1 Å². The number of ether oxygens (including phenoxy) is 2. The number of benzene rings is 1. The van der Waals surface area contributed by atoms with Crippen LogP contribution in [0, 0.1) is 0 Å². The summed E-state index contributed by atoms with van der Waals surface area (Å²) in [5, 5.41) is 3.13. The van der Waals surface area contributed by atoms with Crippen LogP contribution >= 0.6 is 12.4 Å². The molecular weight excluding hydrogens is 316 g/mol. The lowest BCUT2D eigenvalue weighted by Gasteiger charge is -2.13. The second kappa shape index (κ2) is 6.83. The number of rotatable bonds is 3. The topological polar surface area (TPSA) is 76.7 Å². The Hall–Kier alpha value is -1.02. The molecule has 0 aliphatic carbocycles. The molecule has 0 saturated carbocycles. The van der Waals surface area contributed by atoms with Gasteiger partial charge in [-0.05, 0) is 25.1 Å². The van der Waals surface area contributed by atoms with Crippen molar-refractivity contribution in [3.8, 4) is 11.5 Å². The zero-order valence-electron chi connectivity index (χ0n) is 11.5. The van der Waals surface area contributed by atoms with Crippen molar-refractivity contribution in [2.75, 3.05) is 26.3 Å². The zero-order valence-corrected chi connectivity index (χ0v) is 13.1. The van der Waals surface area contributed by atoms with E-state index in [2.05, 4.69) is 10.0 Å². The molecule has 1 saturated heterocycles. The second-order valence-corrected chi connectivity index (χ2v) is 6.68. The van der Waals surface area contributed by atoms with Gasteiger partial charge in [0.15, 0.2) is 11.5 Å². The summed E-state index contributed by atoms with van der Waals surface area (Å²) < 4.78 is 38.4. The molecule has 8 heteroatoms. The Bertz CT molecular complexity index is 588. The predicted octanol–water partition coefficient (Wildman–Crippen LogP) is 0.910. The molecular formula is C13H19ClN2O4S. The minimum Gasteiger partial charge on any atom is -0.490 e. The Morgan fingerprint density at radius 1 is 1.19 bits per heavy atom. The van der Waals surface area contributed by atoms with E-state index in [4.69, 9.17) is 9.47 Å². The van der Waals surface area contributed by atoms with Crippen molar-refractivity contribution in [1.29, 1.82) is 0 Å². The van der Waals surface area contributed by atoms with Crippen LogP contribution in [0.25, 0.3) is 0 Å². The Balaban J connectivity index is 0.00000161. The van der Waals surface area contributed by atoms with Crippen LogP contribution in [0.15, 0.2) is 23.1 Å². The molecule has 21 heavy (non-hydrogen) atoms. The van der Waals surface area contributed by atoms with Gasteiger partial charge in [0.05, 0.1) is 18.1 Å². The lowest BCUT2D eigenvalue weighted by Crippen LogP contribution is -2.36. The van der Waals surface area contributed by atoms with Crippen molar-refractivity contribution in [2.24, 2.45) is 0 Å². The predicted molar refractivity (Wildman–Crippen MR) is 80.9 cm³/mol. The monoisotopic (exact) mass is 334 g/mol. The highest BCUT2D eigenvalue weighted by molar-refractivity contribution is 7.89. The van der Waals surface area contributed by atoms with Crippen LogP contribution in [0.3, 0.4) is 0 Å². The largest absolute Gasteiger partial charge is 0.490 e. The molecule has 0 radical (unpaired) electrons. The van der Waals surface area contributed by atoms with Crippen LogP contribution in [0.2, 0.25) is 0 Å². The smallest absolute Gasteiger partial charge is 0.241 e. The molecule has 1 unspecified atom stereocenters. The molecule has 0 bridgehead atoms. The Morgan fingerprint density at radius 2 is 1.95 bits per heavy atom. The van der Waals surface area contributed by atoms with Crippen molar-refractivity contribution in [2.45, 2.75) is 23.8 Å². The van der Waals surface area contributed by atoms with Crippen LogP contribution in [0.1, 0.15) is 12.8 Å². The van der Waals surface area contributed by atoms with Crippen molar-refractivity contribution in [3.63, 3.8) is 0 Å². The molecule has 0 aromatic heterocycles. The highest BCUT2D eigenvalue weighted by Gasteiger charge is 2.24. The van der Waals surface area contributed by atoms with E-state index in [1.807, 2.05) is 0 Å². The summed E-state index contributed by atoms with van der Waals surface area (Å²) in [6, 6.07) is 4.70. The van der Waals surface area contributed by atoms with Gasteiger partial charge in [-0.2, -0.15) is 0 Å². The molecule has 2 aliphatic rings. The van der Waals surface area contributed by atoms with Crippen molar-refractivity contribution >= 4 is 22.4 Å². The average Bonchev–Trinajstić information content (AvgIpc) is 2.80. The minimum atomic E-state index is -3.51. The quantitative estimate of drug-likeness (QED) is 0.859. The third kappa shape index (κ3) is 3.79. The van der Waals surface area contributed by atoms with Crippen molar-refractivity contribution < 1.29 is 17.9 Å². The summed E-state index contributed by atoms with van der Waals surface area (Å²) in [5.74, 6) is 1.10. The van der Waals surface area contributed by atoms with Crippen LogP contribution in [-0.4, -0.2) is 40.8 Å². The van der Waals surface area contributed by atoms with Gasteiger partial charge in [0, 0.05) is 25.1 Å². The molecule has 2 N–H and O–H groups in total. The Morgan fingerprint density at radius 3 is 2.67 bits per heavy atom. The normalized spacial score (nSPS) is 21.4. The molecule has 1 aromatic rings. The second-order valence-electron chi connectivity index (χ2n) is 4.97. The minimum absolute atomic E-state index is 0. The maximum Gasteiger partial charge on any atom is 0.241 e. The summed E-state index contributed by atoms with van der Waals surface area (Å²) in [6.45, 7) is 2.64. The number of hydrogen-bond donors (Lipinski definition) is 2. The molecule has 0 amide bonds. The average molecular weight is 335 g/mol. The van der Waals surface area contributed by atoms with Gasteiger partial charge < -0.3 is 14.8 Å². The molecule has 1 fully saturated rings. The van der Waals surface area contributed by atoms with E-state index in [0.717, 1.165) is 19.4 Å². The first-order chi connectivity index (χ1) is 9.65. The number of halogens is 1. The van der Waals surface area contributed by atoms with E-state index in [-0.39, 0.29) is 23.3 Å². The summed E-state index contributed by atoms with van der Waals surface area (Å²) in [4.78, 5) is 0.216. The van der Waals surface area contributed by atoms with E-state index < -0.39 is 10.0 Å². The number of hydrogen-bond acceptors (Lipinski definition) is 5. The molecule has 3 rings (SSSR count). The Kier molecular flexibility index (Phi) is 5.32. The molecule has 118 valence electrons. The van der Waals surface area contributed by atoms with Crippen molar-refractivity contribution in [3.05, 3.63) is 18.2 Å². The fraction of sp³-hybridized carbons (Fsp3) is 0.538. The van der Waals surface area contributed by atoms with Crippen LogP contribution in [0.4, 0.5) is 0 Å². The number of sulfonamides is 1. The van der Waals surface area contributed by atoms with E-state index in [1.165, 1.54) is 6.07 Å². The van der Waals surface area contributed by atoms with Crippen LogP contribution in [-0.2, 0) is 10.0 Å². The first-order valence-corrected chi connectivity index (χ1v) is 8.26. The standard InChI is InChI=1S/C13H18N2O4S.ClH/c16-20(17,15-10-4-5-14-9-10)11-2-3-12-13(8-11)19-7-1-6-18-12;/h2-3,8,10,14-15H,1,4-7,9H2;1H. The molecule has 0 spiro atoms. The maximum atomic E-state index is 12.3. The first-order valence-electron chi connectivity index (χ1n) is 6.78. The summed E-state index contributed by atoms with van der Waals surface area (Å²) >= 11 is 0. The van der Waals surface area contributed by atoms with Gasteiger partial charge in [0.25, 0.3) is 0 Å². The fourth-order valence-corrected chi connectivity index (χ4v) is 3.64. The van der Waals surface area contributed by atoms with Gasteiger partial charge >= 0.3 is 0 Å². The lowest BCUT2D eigenvalue weighted by atomic mass is 10.3. The van der Waals surface area contributed by atoms with Gasteiger partial charge in [-0.15, -0.1) is 12.4 Å². The molecule has 2 aliphatic heterocycles. The molecule has 6 nitrogen and oxygen atoms in total. The highest BCUT2D eigenvalue weighted by Crippen LogP contribution is 2.31. The van der Waals surface area contributed by atoms with E-state index >= 15 is 0 Å². The van der Waals surface area contributed by atoms with Crippen LogP contribution < -0.4 is 19.5 Å². The van der Waals surface area contributed by atoms with Gasteiger partial charge in [-0.3, -0.25) is 0 Å². The highest BCUT2D eigenvalue weighted by atomic mass is 35.5.